The van der Waals surface area contributed by atoms with E-state index in [1.165, 1.54) is 24.3 Å². The van der Waals surface area contributed by atoms with Gasteiger partial charge in [-0.2, -0.15) is 26.3 Å². The van der Waals surface area contributed by atoms with Crippen molar-refractivity contribution in [2.45, 2.75) is 30.9 Å². The summed E-state index contributed by atoms with van der Waals surface area (Å²) in [5.74, 6) is 0. The fraction of sp³-hybridized carbons (Fsp3) is 0.263. The zero-order valence-electron chi connectivity index (χ0n) is 14.7. The number of rotatable bonds is 2. The number of hydrogen-bond acceptors (Lipinski definition) is 3. The highest BCUT2D eigenvalue weighted by atomic mass is 32.2. The molecule has 2 aromatic carbocycles. The smallest absolute Gasteiger partial charge is 0.165 e. The van der Waals surface area contributed by atoms with Gasteiger partial charge in [0.25, 0.3) is 0 Å². The predicted molar refractivity (Wildman–Crippen MR) is 97.7 cm³/mol. The van der Waals surface area contributed by atoms with E-state index in [-0.39, 0.29) is 22.9 Å². The lowest BCUT2D eigenvalue weighted by molar-refractivity contribution is -0.0632. The lowest BCUT2D eigenvalue weighted by Gasteiger charge is -2.38. The van der Waals surface area contributed by atoms with E-state index in [1.807, 2.05) is 0 Å². The monoisotopic (exact) mass is 416 g/mol. The molecule has 0 saturated heterocycles. The molecule has 0 fully saturated rings. The summed E-state index contributed by atoms with van der Waals surface area (Å²) in [4.78, 5) is 0. The molecule has 1 aliphatic heterocycles. The van der Waals surface area contributed by atoms with E-state index in [1.54, 1.807) is 38.1 Å². The quantitative estimate of drug-likeness (QED) is 0.537. The van der Waals surface area contributed by atoms with Gasteiger partial charge in [-0.1, -0.05) is 71.4 Å². The fourth-order valence-corrected chi connectivity index (χ4v) is 4.13. The van der Waals surface area contributed by atoms with E-state index >= 15 is 0 Å². The first-order chi connectivity index (χ1) is 12.9. The van der Waals surface area contributed by atoms with Crippen LogP contribution in [0, 0.1) is 13.8 Å². The molecule has 148 valence electrons. The van der Waals surface area contributed by atoms with Gasteiger partial charge in [-0.3, -0.25) is 0 Å². The van der Waals surface area contributed by atoms with E-state index in [0.717, 1.165) is 11.1 Å². The number of benzene rings is 2. The van der Waals surface area contributed by atoms with E-state index < -0.39 is 27.9 Å². The summed E-state index contributed by atoms with van der Waals surface area (Å²) in [5.41, 5.74) is 0.211. The molecule has 0 aromatic heterocycles. The highest BCUT2D eigenvalue weighted by Gasteiger charge is 2.58. The second-order valence-corrected chi connectivity index (χ2v) is 7.57. The van der Waals surface area contributed by atoms with Crippen LogP contribution in [0.25, 0.3) is 0 Å². The van der Waals surface area contributed by atoms with Crippen LogP contribution in [0.5, 0.6) is 0 Å². The van der Waals surface area contributed by atoms with Gasteiger partial charge in [0.1, 0.15) is 4.75 Å². The Morgan fingerprint density at radius 1 is 0.679 bits per heavy atom. The van der Waals surface area contributed by atoms with Crippen LogP contribution in [0.15, 0.2) is 58.7 Å². The van der Waals surface area contributed by atoms with Gasteiger partial charge in [-0.15, -0.1) is 10.2 Å². The van der Waals surface area contributed by atoms with Gasteiger partial charge in [0, 0.05) is 0 Å². The van der Waals surface area contributed by atoms with Crippen molar-refractivity contribution in [1.29, 1.82) is 0 Å². The molecule has 0 radical (unpaired) electrons. The molecular weight excluding hydrogens is 402 g/mol. The van der Waals surface area contributed by atoms with Gasteiger partial charge in [0.05, 0.1) is 0 Å². The first-order valence-corrected chi connectivity index (χ1v) is 8.90. The number of aryl methyl sites for hydroxylation is 2. The molecule has 1 heterocycles. The number of nitrogens with zero attached hydrogens (tertiary/aromatic N) is 2. The second kappa shape index (κ2) is 6.95. The summed E-state index contributed by atoms with van der Waals surface area (Å²) in [6, 6.07) is 11.8. The van der Waals surface area contributed by atoms with Crippen molar-refractivity contribution >= 4 is 22.5 Å². The molecule has 0 amide bonds. The Hall–Kier alpha value is -2.29. The van der Waals surface area contributed by atoms with Crippen LogP contribution in [0.4, 0.5) is 26.3 Å². The summed E-state index contributed by atoms with van der Waals surface area (Å²) in [6.07, 6.45) is -9.91. The average Bonchev–Trinajstić information content (AvgIpc) is 2.60. The van der Waals surface area contributed by atoms with Gasteiger partial charge < -0.3 is 0 Å². The van der Waals surface area contributed by atoms with Gasteiger partial charge in [-0.25, -0.2) is 0 Å². The molecule has 0 atom stereocenters. The third kappa shape index (κ3) is 3.67. The van der Waals surface area contributed by atoms with E-state index in [2.05, 4.69) is 10.2 Å². The van der Waals surface area contributed by atoms with Crippen molar-refractivity contribution < 1.29 is 26.3 Å². The molecule has 0 spiro atoms. The van der Waals surface area contributed by atoms with Crippen LogP contribution in [-0.4, -0.2) is 23.1 Å². The molecule has 0 bridgehead atoms. The summed E-state index contributed by atoms with van der Waals surface area (Å²) in [6.45, 7) is 3.47. The third-order valence-electron chi connectivity index (χ3n) is 4.25. The molecule has 0 saturated carbocycles. The Morgan fingerprint density at radius 2 is 1.11 bits per heavy atom. The van der Waals surface area contributed by atoms with Crippen LogP contribution >= 0.6 is 11.8 Å². The zero-order chi connectivity index (χ0) is 20.7. The predicted octanol–water partition coefficient (Wildman–Crippen LogP) is 6.17. The average molecular weight is 416 g/mol. The summed E-state index contributed by atoms with van der Waals surface area (Å²) >= 11 is 0.0130. The maximum absolute atomic E-state index is 13.9. The lowest BCUT2D eigenvalue weighted by atomic mass is 9.84. The normalized spacial score (nSPS) is 17.1. The lowest BCUT2D eigenvalue weighted by Crippen LogP contribution is -2.46. The molecule has 3 rings (SSSR count). The molecule has 9 heteroatoms. The highest BCUT2D eigenvalue weighted by Crippen LogP contribution is 2.52. The molecular formula is C19H14F6N2S. The molecule has 28 heavy (non-hydrogen) atoms. The van der Waals surface area contributed by atoms with Crippen molar-refractivity contribution in [3.63, 3.8) is 0 Å². The maximum atomic E-state index is 13.9. The zero-order valence-corrected chi connectivity index (χ0v) is 15.5. The minimum atomic E-state index is -4.98. The van der Waals surface area contributed by atoms with Crippen LogP contribution in [0.3, 0.4) is 0 Å². The minimum absolute atomic E-state index is 0.0130. The van der Waals surface area contributed by atoms with Crippen molar-refractivity contribution in [3.8, 4) is 0 Å². The Kier molecular flexibility index (Phi) is 5.07. The van der Waals surface area contributed by atoms with E-state index in [4.69, 9.17) is 0 Å². The van der Waals surface area contributed by atoms with Crippen molar-refractivity contribution in [1.82, 2.24) is 0 Å². The van der Waals surface area contributed by atoms with E-state index in [9.17, 15) is 26.3 Å². The molecule has 2 aromatic rings. The molecule has 2 nitrogen and oxygen atoms in total. The standard InChI is InChI=1S/C19H14F6N2S/c1-11-3-7-13(8-4-11)17(14-9-5-12(2)6-10-14)15(18(20,21)22)26-27-16(28-17)19(23,24)25/h3-10H,1-2H3. The van der Waals surface area contributed by atoms with E-state index in [0.29, 0.717) is 0 Å². The highest BCUT2D eigenvalue weighted by molar-refractivity contribution is 8.15. The summed E-state index contributed by atoms with van der Waals surface area (Å²) < 4.78 is 79.6. The first-order valence-electron chi connectivity index (χ1n) is 8.08. The number of thioether (sulfide) groups is 1. The topological polar surface area (TPSA) is 24.7 Å². The number of alkyl halides is 6. The van der Waals surface area contributed by atoms with Gasteiger partial charge >= 0.3 is 12.4 Å². The SMILES string of the molecule is Cc1ccc(C2(c3ccc(C)cc3)SC(C(F)(F)F)=NN=C2C(F)(F)F)cc1. The number of halogens is 6. The summed E-state index contributed by atoms with van der Waals surface area (Å²) in [5, 5.41) is 4.46. The number of hydrogen-bond donors (Lipinski definition) is 0. The Morgan fingerprint density at radius 3 is 1.46 bits per heavy atom. The van der Waals surface area contributed by atoms with Gasteiger partial charge in [-0.05, 0) is 25.0 Å². The molecule has 0 aliphatic carbocycles. The Bertz CT molecular complexity index is 879. The second-order valence-electron chi connectivity index (χ2n) is 6.36. The van der Waals surface area contributed by atoms with Crippen LogP contribution in [0.1, 0.15) is 22.3 Å². The molecule has 0 unspecified atom stereocenters. The van der Waals surface area contributed by atoms with Crippen LogP contribution < -0.4 is 0 Å². The fourth-order valence-electron chi connectivity index (χ4n) is 2.88. The largest absolute Gasteiger partial charge is 0.441 e. The van der Waals surface area contributed by atoms with Gasteiger partial charge in [0.2, 0.25) is 5.04 Å². The van der Waals surface area contributed by atoms with Crippen molar-refractivity contribution in [2.24, 2.45) is 10.2 Å². The van der Waals surface area contributed by atoms with Crippen molar-refractivity contribution in [2.75, 3.05) is 0 Å². The molecule has 1 aliphatic rings. The van der Waals surface area contributed by atoms with Crippen LogP contribution in [-0.2, 0) is 4.75 Å². The Balaban J connectivity index is 2.35. The van der Waals surface area contributed by atoms with Crippen LogP contribution in [0.2, 0.25) is 0 Å². The Labute approximate surface area is 161 Å². The maximum Gasteiger partial charge on any atom is 0.441 e. The van der Waals surface area contributed by atoms with Gasteiger partial charge in [0.15, 0.2) is 5.71 Å². The molecule has 0 N–H and O–H groups in total. The first kappa shape index (κ1) is 20.4. The minimum Gasteiger partial charge on any atom is -0.165 e. The summed E-state index contributed by atoms with van der Waals surface area (Å²) in [7, 11) is 0. The van der Waals surface area contributed by atoms with Crippen molar-refractivity contribution in [3.05, 3.63) is 70.8 Å². The third-order valence-corrected chi connectivity index (χ3v) is 5.73.